The number of hydrogen-bond donors (Lipinski definition) is 1. The van der Waals surface area contributed by atoms with Gasteiger partial charge in [0.1, 0.15) is 11.9 Å². The lowest BCUT2D eigenvalue weighted by Crippen LogP contribution is -2.77. The lowest BCUT2D eigenvalue weighted by molar-refractivity contribution is -0.325. The Morgan fingerprint density at radius 1 is 0.930 bits per heavy atom. The van der Waals surface area contributed by atoms with Crippen LogP contribution in [0.4, 0.5) is 0 Å². The van der Waals surface area contributed by atoms with Gasteiger partial charge in [-0.15, -0.1) is 0 Å². The van der Waals surface area contributed by atoms with Crippen LogP contribution in [0.25, 0.3) is 0 Å². The van der Waals surface area contributed by atoms with Crippen LogP contribution in [0.3, 0.4) is 0 Å². The highest BCUT2D eigenvalue weighted by Crippen LogP contribution is 2.64. The number of carbonyl (C=O) groups is 2. The second-order valence-corrected chi connectivity index (χ2v) is 24.4. The van der Waals surface area contributed by atoms with Crippen molar-refractivity contribution in [2.45, 2.75) is 168 Å². The Kier molecular flexibility index (Phi) is 9.83. The molecule has 0 aromatic rings. The Labute approximate surface area is 263 Å². The van der Waals surface area contributed by atoms with E-state index in [9.17, 15) is 14.7 Å². The average molecular weight is 637 g/mol. The molecule has 4 aliphatic rings. The molecule has 246 valence electrons. The topological polar surface area (TPSA) is 91.3 Å². The maximum atomic E-state index is 15.0. The molecule has 1 unspecified atom stereocenters. The summed E-state index contributed by atoms with van der Waals surface area (Å²) in [5.41, 5.74) is -1.59. The summed E-state index contributed by atoms with van der Waals surface area (Å²) < 4.78 is 26.7. The van der Waals surface area contributed by atoms with Crippen LogP contribution < -0.4 is 0 Å². The minimum Gasteiger partial charge on any atom is -0.454 e. The maximum Gasteiger partial charge on any atom is 0.303 e. The molecule has 2 bridgehead atoms. The quantitative estimate of drug-likeness (QED) is 0.144. The van der Waals surface area contributed by atoms with E-state index in [2.05, 4.69) is 69.2 Å². The van der Waals surface area contributed by atoms with Crippen molar-refractivity contribution in [3.63, 3.8) is 0 Å². The van der Waals surface area contributed by atoms with Crippen LogP contribution in [0.2, 0.25) is 36.3 Å². The second kappa shape index (κ2) is 12.1. The summed E-state index contributed by atoms with van der Waals surface area (Å²) in [6, 6.07) is 5.99. The van der Waals surface area contributed by atoms with Crippen molar-refractivity contribution in [1.82, 2.24) is 0 Å². The summed E-state index contributed by atoms with van der Waals surface area (Å²) in [6.07, 6.45) is 0.606. The van der Waals surface area contributed by atoms with E-state index in [0.717, 1.165) is 47.4 Å². The van der Waals surface area contributed by atoms with E-state index >= 15 is 0 Å². The Morgan fingerprint density at radius 3 is 1.93 bits per heavy atom. The van der Waals surface area contributed by atoms with Gasteiger partial charge in [-0.3, -0.25) is 9.59 Å². The summed E-state index contributed by atoms with van der Waals surface area (Å²) in [4.78, 5) is 27.7. The van der Waals surface area contributed by atoms with E-state index in [-0.39, 0.29) is 43.1 Å². The molecule has 43 heavy (non-hydrogen) atoms. The van der Waals surface area contributed by atoms with Gasteiger partial charge in [0.25, 0.3) is 0 Å². The van der Waals surface area contributed by atoms with Gasteiger partial charge in [-0.05, 0) is 62.1 Å². The van der Waals surface area contributed by atoms with Gasteiger partial charge >= 0.3 is 5.97 Å². The molecular formula is C34H60O7Si2. The largest absolute Gasteiger partial charge is 0.454 e. The third-order valence-corrected chi connectivity index (χ3v) is 22.6. The molecule has 0 radical (unpaired) electrons. The van der Waals surface area contributed by atoms with Crippen molar-refractivity contribution < 1.29 is 33.0 Å². The molecule has 9 heteroatoms. The van der Waals surface area contributed by atoms with Gasteiger partial charge in [0.15, 0.2) is 22.2 Å². The van der Waals surface area contributed by atoms with Gasteiger partial charge in [-0.1, -0.05) is 61.0 Å². The van der Waals surface area contributed by atoms with Gasteiger partial charge in [0.2, 0.25) is 0 Å². The lowest BCUT2D eigenvalue weighted by Gasteiger charge is -2.66. The molecule has 3 fully saturated rings. The first kappa shape index (κ1) is 35.0. The van der Waals surface area contributed by atoms with Crippen molar-refractivity contribution in [2.75, 3.05) is 6.61 Å². The highest BCUT2D eigenvalue weighted by molar-refractivity contribution is 6.74. The number of aliphatic hydroxyl groups is 1. The fourth-order valence-electron chi connectivity index (χ4n) is 9.30. The molecule has 2 saturated carbocycles. The predicted octanol–water partition coefficient (Wildman–Crippen LogP) is 7.33. The van der Waals surface area contributed by atoms with Crippen LogP contribution in [0.15, 0.2) is 11.1 Å². The number of ether oxygens (including phenoxy) is 2. The van der Waals surface area contributed by atoms with Gasteiger partial charge in [0.05, 0.1) is 29.8 Å². The predicted molar refractivity (Wildman–Crippen MR) is 175 cm³/mol. The minimum absolute atomic E-state index is 0.126. The fraction of sp³-hybridized carbons (Fsp3) is 0.882. The number of rotatable bonds is 11. The Bertz CT molecular complexity index is 1100. The van der Waals surface area contributed by atoms with Crippen LogP contribution in [0.5, 0.6) is 0 Å². The molecule has 1 saturated heterocycles. The van der Waals surface area contributed by atoms with Crippen molar-refractivity contribution in [1.29, 1.82) is 0 Å². The van der Waals surface area contributed by atoms with Crippen LogP contribution in [0, 0.1) is 16.7 Å². The number of carbonyl (C=O) groups excluding carboxylic acids is 2. The highest BCUT2D eigenvalue weighted by atomic mass is 28.4. The zero-order valence-electron chi connectivity index (χ0n) is 29.0. The van der Waals surface area contributed by atoms with Gasteiger partial charge in [0, 0.05) is 37.5 Å². The van der Waals surface area contributed by atoms with Crippen LogP contribution >= 0.6 is 0 Å². The minimum atomic E-state index is -2.12. The molecular weight excluding hydrogens is 577 g/mol. The van der Waals surface area contributed by atoms with E-state index in [0.29, 0.717) is 19.3 Å². The lowest BCUT2D eigenvalue weighted by atomic mass is 9.46. The molecule has 0 aromatic carbocycles. The molecule has 1 aliphatic heterocycles. The smallest absolute Gasteiger partial charge is 0.303 e. The van der Waals surface area contributed by atoms with Crippen LogP contribution in [-0.2, 0) is 27.9 Å². The normalized spacial score (nSPS) is 37.5. The molecule has 0 spiro atoms. The molecule has 1 N–H and O–H groups in total. The third kappa shape index (κ3) is 5.30. The molecule has 1 heterocycles. The molecule has 7 nitrogen and oxygen atoms in total. The van der Waals surface area contributed by atoms with E-state index in [1.165, 1.54) is 6.92 Å². The van der Waals surface area contributed by atoms with E-state index < -0.39 is 44.6 Å². The Balaban J connectivity index is 1.91. The zero-order chi connectivity index (χ0) is 32.2. The van der Waals surface area contributed by atoms with Gasteiger partial charge in [-0.25, -0.2) is 0 Å². The van der Waals surface area contributed by atoms with Crippen molar-refractivity contribution in [2.24, 2.45) is 16.7 Å². The molecule has 4 rings (SSSR count). The summed E-state index contributed by atoms with van der Waals surface area (Å²) in [7, 11) is -4.12. The first-order valence-corrected chi connectivity index (χ1v) is 22.2. The van der Waals surface area contributed by atoms with Crippen LogP contribution in [-0.4, -0.2) is 69.6 Å². The molecule has 0 aromatic heterocycles. The van der Waals surface area contributed by atoms with E-state index in [4.69, 9.17) is 18.3 Å². The molecule has 7 atom stereocenters. The van der Waals surface area contributed by atoms with Crippen molar-refractivity contribution >= 4 is 28.4 Å². The summed E-state index contributed by atoms with van der Waals surface area (Å²) in [5.74, 6) is -0.691. The summed E-state index contributed by atoms with van der Waals surface area (Å²) in [5, 5.41) is 13.0. The Morgan fingerprint density at radius 2 is 1.47 bits per heavy atom. The second-order valence-electron chi connectivity index (χ2n) is 14.9. The first-order chi connectivity index (χ1) is 20.0. The monoisotopic (exact) mass is 636 g/mol. The number of Topliss-reactive ketones (excluding diaryl/α,β-unsaturated/α-hetero) is 1. The number of hydrogen-bond acceptors (Lipinski definition) is 7. The number of ketones is 1. The summed E-state index contributed by atoms with van der Waals surface area (Å²) >= 11 is 0. The fourth-order valence-corrected chi connectivity index (χ4v) is 15.1. The molecule has 3 aliphatic carbocycles. The molecule has 0 amide bonds. The highest BCUT2D eigenvalue weighted by Gasteiger charge is 2.73. The van der Waals surface area contributed by atoms with E-state index in [1.807, 2.05) is 0 Å². The Hall–Kier alpha value is -0.846. The number of esters is 1. The van der Waals surface area contributed by atoms with Gasteiger partial charge in [-0.2, -0.15) is 0 Å². The zero-order valence-corrected chi connectivity index (χ0v) is 31.0. The van der Waals surface area contributed by atoms with Gasteiger partial charge < -0.3 is 23.4 Å². The van der Waals surface area contributed by atoms with Crippen molar-refractivity contribution in [3.05, 3.63) is 11.1 Å². The standard InChI is InChI=1S/C34H60O7Si2/c1-12-42(13-2,14-3)40-26-20-33(37)21-27-32(11,28(36)18-25(23(26)7)31(33,9)10)29(41-43(15-4,16-5)17-6)19-30-34(27,22-38-30)39-24(8)35/h26-27,29-30,37H,12-22H2,1-11H3/t26-,27?,29-,30+,32+,33+,34+/m0/s1. The number of fused-ring (bicyclic) bond motifs is 5. The van der Waals surface area contributed by atoms with Crippen molar-refractivity contribution in [3.8, 4) is 0 Å². The van der Waals surface area contributed by atoms with Crippen LogP contribution in [0.1, 0.15) is 102 Å². The maximum absolute atomic E-state index is 15.0. The average Bonchev–Trinajstić information content (AvgIpc) is 2.97. The SMILES string of the molecule is CC[Si](CC)(CC)O[C@H]1C[C@@]2(O)CC3[C@](C)(C(=O)CC(=C1C)C2(C)C)[C@@H](O[Si](CC)(CC)CC)C[C@H]1OC[C@@]31OC(C)=O. The summed E-state index contributed by atoms with van der Waals surface area (Å²) in [6.45, 7) is 23.4. The first-order valence-electron chi connectivity index (χ1n) is 17.2. The third-order valence-electron chi connectivity index (χ3n) is 13.3. The van der Waals surface area contributed by atoms with E-state index in [1.54, 1.807) is 0 Å².